The Labute approximate surface area is 141 Å². The molecule has 0 unspecified atom stereocenters. The van der Waals surface area contributed by atoms with Crippen LogP contribution in [0.5, 0.6) is 0 Å². The van der Waals surface area contributed by atoms with Crippen LogP contribution in [0.1, 0.15) is 38.7 Å². The van der Waals surface area contributed by atoms with Crippen LogP contribution in [0.4, 0.5) is 10.6 Å². The Bertz CT molecular complexity index is 816. The lowest BCUT2D eigenvalue weighted by Gasteiger charge is -2.29. The first-order chi connectivity index (χ1) is 11.2. The van der Waals surface area contributed by atoms with Crippen molar-refractivity contribution in [2.75, 3.05) is 18.8 Å². The Morgan fingerprint density at radius 3 is 2.71 bits per heavy atom. The number of nitrogens with zero attached hydrogens (tertiary/aromatic N) is 4. The van der Waals surface area contributed by atoms with Crippen molar-refractivity contribution in [3.05, 3.63) is 29.7 Å². The molecule has 1 aliphatic rings. The molecule has 0 bridgehead atoms. The summed E-state index contributed by atoms with van der Waals surface area (Å²) >= 11 is 0. The van der Waals surface area contributed by atoms with Gasteiger partial charge in [0, 0.05) is 13.1 Å². The minimum Gasteiger partial charge on any atom is -0.444 e. The van der Waals surface area contributed by atoms with E-state index < -0.39 is 5.60 Å². The van der Waals surface area contributed by atoms with Crippen molar-refractivity contribution in [3.63, 3.8) is 0 Å². The SMILES string of the molecule is Cc1nc(N)c2ccc(C3=CCN(C(=O)OC(C)(C)C)CC3)n2n1. The van der Waals surface area contributed by atoms with Crippen LogP contribution in [-0.2, 0) is 4.74 Å². The molecule has 3 rings (SSSR count). The largest absolute Gasteiger partial charge is 0.444 e. The van der Waals surface area contributed by atoms with Gasteiger partial charge in [-0.05, 0) is 51.8 Å². The van der Waals surface area contributed by atoms with Crippen molar-refractivity contribution in [2.24, 2.45) is 0 Å². The van der Waals surface area contributed by atoms with Crippen LogP contribution in [0.3, 0.4) is 0 Å². The number of hydrogen-bond acceptors (Lipinski definition) is 5. The molecule has 7 heteroatoms. The van der Waals surface area contributed by atoms with Crippen LogP contribution in [-0.4, -0.2) is 44.3 Å². The summed E-state index contributed by atoms with van der Waals surface area (Å²) in [5.74, 6) is 1.10. The van der Waals surface area contributed by atoms with Crippen molar-refractivity contribution < 1.29 is 9.53 Å². The summed E-state index contributed by atoms with van der Waals surface area (Å²) in [7, 11) is 0. The molecule has 3 heterocycles. The summed E-state index contributed by atoms with van der Waals surface area (Å²) in [5, 5.41) is 4.45. The molecule has 0 aliphatic carbocycles. The number of rotatable bonds is 1. The zero-order valence-corrected chi connectivity index (χ0v) is 14.5. The fourth-order valence-electron chi connectivity index (χ4n) is 2.77. The number of nitrogens with two attached hydrogens (primary N) is 1. The number of nitrogen functional groups attached to an aromatic ring is 1. The van der Waals surface area contributed by atoms with E-state index in [9.17, 15) is 4.79 Å². The highest BCUT2D eigenvalue weighted by Gasteiger charge is 2.24. The summed E-state index contributed by atoms with van der Waals surface area (Å²) in [4.78, 5) is 18.0. The fourth-order valence-corrected chi connectivity index (χ4v) is 2.77. The van der Waals surface area contributed by atoms with Gasteiger partial charge in [-0.3, -0.25) is 0 Å². The van der Waals surface area contributed by atoms with E-state index in [1.54, 1.807) is 4.90 Å². The normalized spacial score (nSPS) is 15.5. The Hall–Kier alpha value is -2.57. The number of amides is 1. The average molecular weight is 329 g/mol. The molecule has 2 N–H and O–H groups in total. The molecule has 24 heavy (non-hydrogen) atoms. The number of aryl methyl sites for hydroxylation is 1. The van der Waals surface area contributed by atoms with Gasteiger partial charge in [-0.25, -0.2) is 14.3 Å². The molecule has 7 nitrogen and oxygen atoms in total. The standard InChI is InChI=1S/C17H23N5O2/c1-11-19-15(18)14-6-5-13(22(14)20-11)12-7-9-21(10-8-12)16(23)24-17(2,3)4/h5-7H,8-10H2,1-4H3,(H2,18,19,20). The van der Waals surface area contributed by atoms with E-state index in [4.69, 9.17) is 10.5 Å². The Kier molecular flexibility index (Phi) is 3.95. The minimum absolute atomic E-state index is 0.278. The van der Waals surface area contributed by atoms with E-state index in [-0.39, 0.29) is 6.09 Å². The minimum atomic E-state index is -0.481. The lowest BCUT2D eigenvalue weighted by Crippen LogP contribution is -2.39. The highest BCUT2D eigenvalue weighted by molar-refractivity contribution is 5.75. The molecule has 1 amide bonds. The first-order valence-electron chi connectivity index (χ1n) is 8.04. The molecule has 2 aromatic heterocycles. The van der Waals surface area contributed by atoms with Crippen molar-refractivity contribution in [3.8, 4) is 0 Å². The van der Waals surface area contributed by atoms with E-state index >= 15 is 0 Å². The molecule has 128 valence electrons. The highest BCUT2D eigenvalue weighted by atomic mass is 16.6. The van der Waals surface area contributed by atoms with Crippen LogP contribution < -0.4 is 5.73 Å². The van der Waals surface area contributed by atoms with Crippen LogP contribution in [0.15, 0.2) is 18.2 Å². The molecule has 0 saturated carbocycles. The molecular formula is C17H23N5O2. The summed E-state index contributed by atoms with van der Waals surface area (Å²) in [5.41, 5.74) is 8.41. The number of carbonyl (C=O) groups excluding carboxylic acids is 1. The number of hydrogen-bond donors (Lipinski definition) is 1. The van der Waals surface area contributed by atoms with E-state index in [1.807, 2.05) is 50.4 Å². The van der Waals surface area contributed by atoms with Crippen molar-refractivity contribution in [2.45, 2.75) is 39.7 Å². The number of fused-ring (bicyclic) bond motifs is 1. The molecular weight excluding hydrogens is 306 g/mol. The molecule has 0 fully saturated rings. The van der Waals surface area contributed by atoms with Crippen molar-refractivity contribution in [1.82, 2.24) is 19.5 Å². The third-order valence-corrected chi connectivity index (χ3v) is 3.83. The zero-order valence-electron chi connectivity index (χ0n) is 14.5. The third-order valence-electron chi connectivity index (χ3n) is 3.83. The maximum Gasteiger partial charge on any atom is 0.410 e. The number of ether oxygens (including phenoxy) is 1. The molecule has 2 aromatic rings. The van der Waals surface area contributed by atoms with Gasteiger partial charge in [-0.1, -0.05) is 6.08 Å². The van der Waals surface area contributed by atoms with Crippen molar-refractivity contribution >= 4 is 23.0 Å². The summed E-state index contributed by atoms with van der Waals surface area (Å²) < 4.78 is 7.25. The Morgan fingerprint density at radius 2 is 2.08 bits per heavy atom. The van der Waals surface area contributed by atoms with Gasteiger partial charge in [0.2, 0.25) is 0 Å². The van der Waals surface area contributed by atoms with Crippen LogP contribution in [0.25, 0.3) is 11.1 Å². The predicted molar refractivity (Wildman–Crippen MR) is 92.5 cm³/mol. The van der Waals surface area contributed by atoms with Crippen molar-refractivity contribution in [1.29, 1.82) is 0 Å². The summed E-state index contributed by atoms with van der Waals surface area (Å²) in [6.45, 7) is 8.57. The van der Waals surface area contributed by atoms with Gasteiger partial charge in [0.1, 0.15) is 16.9 Å². The third kappa shape index (κ3) is 3.20. The zero-order chi connectivity index (χ0) is 17.5. The van der Waals surface area contributed by atoms with Gasteiger partial charge >= 0.3 is 6.09 Å². The van der Waals surface area contributed by atoms with Crippen LogP contribution >= 0.6 is 0 Å². The van der Waals surface area contributed by atoms with Crippen LogP contribution in [0.2, 0.25) is 0 Å². The second kappa shape index (κ2) is 5.81. The first-order valence-corrected chi connectivity index (χ1v) is 8.04. The van der Waals surface area contributed by atoms with E-state index in [0.29, 0.717) is 24.7 Å². The lowest BCUT2D eigenvalue weighted by molar-refractivity contribution is 0.0270. The second-order valence-electron chi connectivity index (χ2n) is 6.97. The van der Waals surface area contributed by atoms with E-state index in [1.165, 1.54) is 0 Å². The first kappa shape index (κ1) is 16.3. The molecule has 0 saturated heterocycles. The van der Waals surface area contributed by atoms with Gasteiger partial charge < -0.3 is 15.4 Å². The summed E-state index contributed by atoms with van der Waals surface area (Å²) in [6, 6.07) is 3.92. The lowest BCUT2D eigenvalue weighted by atomic mass is 10.1. The summed E-state index contributed by atoms with van der Waals surface area (Å²) in [6.07, 6.45) is 2.51. The van der Waals surface area contributed by atoms with Gasteiger partial charge in [-0.2, -0.15) is 5.10 Å². The monoisotopic (exact) mass is 329 g/mol. The van der Waals surface area contributed by atoms with Gasteiger partial charge in [-0.15, -0.1) is 0 Å². The Balaban J connectivity index is 1.82. The second-order valence-corrected chi connectivity index (χ2v) is 6.97. The fraction of sp³-hybridized carbons (Fsp3) is 0.471. The number of aromatic nitrogens is 3. The quantitative estimate of drug-likeness (QED) is 0.869. The molecule has 0 spiro atoms. The van der Waals surface area contributed by atoms with E-state index in [2.05, 4.69) is 10.1 Å². The molecule has 1 aliphatic heterocycles. The van der Waals surface area contributed by atoms with Gasteiger partial charge in [0.25, 0.3) is 0 Å². The number of carbonyl (C=O) groups is 1. The highest BCUT2D eigenvalue weighted by Crippen LogP contribution is 2.26. The predicted octanol–water partition coefficient (Wildman–Crippen LogP) is 2.64. The van der Waals surface area contributed by atoms with Gasteiger partial charge in [0.05, 0.1) is 5.69 Å². The Morgan fingerprint density at radius 1 is 1.33 bits per heavy atom. The molecule has 0 radical (unpaired) electrons. The number of anilines is 1. The maximum atomic E-state index is 12.1. The van der Waals surface area contributed by atoms with Crippen LogP contribution in [0, 0.1) is 6.92 Å². The maximum absolute atomic E-state index is 12.1. The average Bonchev–Trinajstić information content (AvgIpc) is 2.89. The van der Waals surface area contributed by atoms with Gasteiger partial charge in [0.15, 0.2) is 5.82 Å². The molecule has 0 aromatic carbocycles. The van der Waals surface area contributed by atoms with E-state index in [0.717, 1.165) is 23.2 Å². The smallest absolute Gasteiger partial charge is 0.410 e. The molecule has 0 atom stereocenters. The topological polar surface area (TPSA) is 85.8 Å².